The average Bonchev–Trinajstić information content (AvgIpc) is 2.85. The Balaban J connectivity index is 2.28. The van der Waals surface area contributed by atoms with E-state index in [0.29, 0.717) is 18.2 Å². The van der Waals surface area contributed by atoms with E-state index in [9.17, 15) is 14.4 Å². The fourth-order valence-corrected chi connectivity index (χ4v) is 5.64. The molecule has 1 heterocycles. The van der Waals surface area contributed by atoms with Crippen molar-refractivity contribution in [2.45, 2.75) is 117 Å². The van der Waals surface area contributed by atoms with Gasteiger partial charge in [-0.05, 0) is 71.8 Å². The first-order valence-electron chi connectivity index (χ1n) is 13.8. The molecule has 200 valence electrons. The van der Waals surface area contributed by atoms with Crippen molar-refractivity contribution in [3.63, 3.8) is 0 Å². The number of likely N-dealkylation sites (N-methyl/N-ethyl adjacent to an activating group) is 1. The highest BCUT2D eigenvalue weighted by Gasteiger charge is 2.38. The second kappa shape index (κ2) is 14.0. The molecular weight excluding hydrogens is 442 g/mol. The third-order valence-corrected chi connectivity index (χ3v) is 7.69. The molecule has 3 atom stereocenters. The van der Waals surface area contributed by atoms with Crippen LogP contribution in [0, 0.1) is 11.8 Å². The van der Waals surface area contributed by atoms with Crippen molar-refractivity contribution < 1.29 is 19.1 Å². The summed E-state index contributed by atoms with van der Waals surface area (Å²) in [7, 11) is 1.80. The van der Waals surface area contributed by atoms with Crippen molar-refractivity contribution in [1.82, 2.24) is 15.1 Å². The zero-order valence-corrected chi connectivity index (χ0v) is 23.1. The largest absolute Gasteiger partial charge is 0.463 e. The summed E-state index contributed by atoms with van der Waals surface area (Å²) in [6.07, 6.45) is 10.1. The number of piperidine rings is 1. The molecule has 0 aromatic rings. The lowest BCUT2D eigenvalue weighted by Gasteiger charge is -2.40. The van der Waals surface area contributed by atoms with Gasteiger partial charge in [0.25, 0.3) is 0 Å². The van der Waals surface area contributed by atoms with E-state index >= 15 is 0 Å². The molecule has 1 unspecified atom stereocenters. The predicted octanol–water partition coefficient (Wildman–Crippen LogP) is 4.31. The van der Waals surface area contributed by atoms with Gasteiger partial charge in [0.2, 0.25) is 11.8 Å². The number of amides is 2. The number of nitrogens with one attached hydrogen (secondary N) is 1. The average molecular weight is 492 g/mol. The summed E-state index contributed by atoms with van der Waals surface area (Å²) in [5, 5.41) is 3.23. The number of hydrogen-bond donors (Lipinski definition) is 1. The van der Waals surface area contributed by atoms with Crippen LogP contribution in [-0.4, -0.2) is 72.0 Å². The van der Waals surface area contributed by atoms with E-state index < -0.39 is 6.04 Å². The van der Waals surface area contributed by atoms with Crippen LogP contribution >= 0.6 is 0 Å². The van der Waals surface area contributed by atoms with Crippen molar-refractivity contribution in [2.24, 2.45) is 11.8 Å². The number of carbonyl (C=O) groups is 3. The molecule has 1 N–H and O–H groups in total. The molecule has 0 bridgehead atoms. The lowest BCUT2D eigenvalue weighted by atomic mass is 9.82. The van der Waals surface area contributed by atoms with Gasteiger partial charge < -0.3 is 15.0 Å². The number of carbonyl (C=O) groups excluding carboxylic acids is 3. The molecule has 7 heteroatoms. The molecule has 1 aliphatic carbocycles. The van der Waals surface area contributed by atoms with Crippen LogP contribution in [0.3, 0.4) is 0 Å². The molecule has 1 saturated carbocycles. The molecule has 35 heavy (non-hydrogen) atoms. The molecule has 0 aromatic heterocycles. The SMILES string of the molecule is CCOC(=O)C(C)=C[C@H](C(C)C)N(C)C(=O)[C@@H](NC(=O)C1CCCCN1C(C)C)C1CCCCC1. The molecule has 2 aliphatic rings. The Morgan fingerprint density at radius 3 is 2.23 bits per heavy atom. The minimum atomic E-state index is -0.540. The molecule has 1 saturated heterocycles. The summed E-state index contributed by atoms with van der Waals surface area (Å²) in [5.41, 5.74) is 0.498. The maximum atomic E-state index is 14.0. The van der Waals surface area contributed by atoms with Crippen molar-refractivity contribution in [1.29, 1.82) is 0 Å². The lowest BCUT2D eigenvalue weighted by molar-refractivity contribution is -0.141. The number of ether oxygens (including phenoxy) is 1. The van der Waals surface area contributed by atoms with Crippen molar-refractivity contribution in [2.75, 3.05) is 20.2 Å². The van der Waals surface area contributed by atoms with Crippen LogP contribution < -0.4 is 5.32 Å². The van der Waals surface area contributed by atoms with Crippen LogP contribution in [0.4, 0.5) is 0 Å². The Labute approximate surface area is 213 Å². The van der Waals surface area contributed by atoms with Crippen molar-refractivity contribution in [3.05, 3.63) is 11.6 Å². The van der Waals surface area contributed by atoms with Crippen LogP contribution in [0.15, 0.2) is 11.6 Å². The number of esters is 1. The lowest BCUT2D eigenvalue weighted by Crippen LogP contribution is -2.59. The molecule has 7 nitrogen and oxygen atoms in total. The Bertz CT molecular complexity index is 742. The fourth-order valence-electron chi connectivity index (χ4n) is 5.64. The quantitative estimate of drug-likeness (QED) is 0.364. The minimum absolute atomic E-state index is 0.0185. The molecule has 2 amide bonds. The van der Waals surface area contributed by atoms with Gasteiger partial charge in [0, 0.05) is 18.7 Å². The van der Waals surface area contributed by atoms with Gasteiger partial charge >= 0.3 is 5.97 Å². The summed E-state index contributed by atoms with van der Waals surface area (Å²) < 4.78 is 5.14. The summed E-state index contributed by atoms with van der Waals surface area (Å²) >= 11 is 0. The van der Waals surface area contributed by atoms with Gasteiger partial charge in [-0.15, -0.1) is 0 Å². The first kappa shape index (κ1) is 29.3. The van der Waals surface area contributed by atoms with Crippen LogP contribution in [-0.2, 0) is 19.1 Å². The number of likely N-dealkylation sites (tertiary alicyclic amines) is 1. The van der Waals surface area contributed by atoms with Gasteiger partial charge in [0.05, 0.1) is 18.7 Å². The van der Waals surface area contributed by atoms with Crippen molar-refractivity contribution >= 4 is 17.8 Å². The third kappa shape index (κ3) is 8.06. The number of nitrogens with zero attached hydrogens (tertiary/aromatic N) is 2. The second-order valence-corrected chi connectivity index (χ2v) is 11.0. The van der Waals surface area contributed by atoms with E-state index in [1.807, 2.05) is 19.9 Å². The van der Waals surface area contributed by atoms with Gasteiger partial charge in [0.15, 0.2) is 0 Å². The summed E-state index contributed by atoms with van der Waals surface area (Å²) in [6.45, 7) is 13.1. The topological polar surface area (TPSA) is 79.0 Å². The van der Waals surface area contributed by atoms with Crippen LogP contribution in [0.25, 0.3) is 0 Å². The van der Waals surface area contributed by atoms with Gasteiger partial charge in [-0.1, -0.05) is 45.6 Å². The standard InChI is InChI=1S/C28H49N3O4/c1-8-35-28(34)21(6)18-24(19(2)3)30(7)27(33)25(22-14-10-9-11-15-22)29-26(32)23-16-12-13-17-31(23)20(4)5/h18-20,22-25H,8-17H2,1-7H3,(H,29,32)/t23?,24-,25+/m1/s1. The van der Waals surface area contributed by atoms with Gasteiger partial charge in [-0.2, -0.15) is 0 Å². The van der Waals surface area contributed by atoms with E-state index in [1.165, 1.54) is 6.42 Å². The van der Waals surface area contributed by atoms with E-state index in [4.69, 9.17) is 4.74 Å². The highest BCUT2D eigenvalue weighted by Crippen LogP contribution is 2.29. The number of hydrogen-bond acceptors (Lipinski definition) is 5. The van der Waals surface area contributed by atoms with Crippen LogP contribution in [0.2, 0.25) is 0 Å². The second-order valence-electron chi connectivity index (χ2n) is 11.0. The van der Waals surface area contributed by atoms with Gasteiger partial charge in [0.1, 0.15) is 6.04 Å². The first-order chi connectivity index (χ1) is 16.6. The smallest absolute Gasteiger partial charge is 0.333 e. The molecule has 2 fully saturated rings. The highest BCUT2D eigenvalue weighted by atomic mass is 16.5. The molecule has 0 spiro atoms. The maximum absolute atomic E-state index is 14.0. The Kier molecular flexibility index (Phi) is 11.7. The van der Waals surface area contributed by atoms with E-state index in [2.05, 4.69) is 24.1 Å². The zero-order chi connectivity index (χ0) is 26.1. The predicted molar refractivity (Wildman–Crippen MR) is 140 cm³/mol. The summed E-state index contributed by atoms with van der Waals surface area (Å²) in [5.74, 6) is -0.200. The summed E-state index contributed by atoms with van der Waals surface area (Å²) in [4.78, 5) is 43.7. The third-order valence-electron chi connectivity index (χ3n) is 7.69. The molecule has 0 radical (unpaired) electrons. The first-order valence-corrected chi connectivity index (χ1v) is 13.8. The van der Waals surface area contributed by atoms with E-state index in [0.717, 1.165) is 51.5 Å². The van der Waals surface area contributed by atoms with E-state index in [-0.39, 0.29) is 41.7 Å². The highest BCUT2D eigenvalue weighted by molar-refractivity contribution is 5.91. The van der Waals surface area contributed by atoms with Gasteiger partial charge in [-0.3, -0.25) is 14.5 Å². The Morgan fingerprint density at radius 1 is 1.03 bits per heavy atom. The number of rotatable bonds is 10. The van der Waals surface area contributed by atoms with E-state index in [1.54, 1.807) is 25.8 Å². The molecule has 0 aromatic carbocycles. The zero-order valence-electron chi connectivity index (χ0n) is 23.1. The van der Waals surface area contributed by atoms with Crippen LogP contribution in [0.1, 0.15) is 92.9 Å². The Morgan fingerprint density at radius 2 is 1.66 bits per heavy atom. The normalized spacial score (nSPS) is 22.1. The molecule has 1 aliphatic heterocycles. The molecule has 2 rings (SSSR count). The fraction of sp³-hybridized carbons (Fsp3) is 0.821. The summed E-state index contributed by atoms with van der Waals surface area (Å²) in [6, 6.07) is -0.698. The van der Waals surface area contributed by atoms with Crippen LogP contribution in [0.5, 0.6) is 0 Å². The molecular formula is C28H49N3O4. The minimum Gasteiger partial charge on any atom is -0.463 e. The monoisotopic (exact) mass is 491 g/mol. The Hall–Kier alpha value is -1.89. The maximum Gasteiger partial charge on any atom is 0.333 e. The van der Waals surface area contributed by atoms with Crippen molar-refractivity contribution in [3.8, 4) is 0 Å². The van der Waals surface area contributed by atoms with Gasteiger partial charge in [-0.25, -0.2) is 4.79 Å².